The number of amides is 1. The van der Waals surface area contributed by atoms with E-state index < -0.39 is 0 Å². The normalized spacial score (nSPS) is 24.9. The highest BCUT2D eigenvalue weighted by molar-refractivity contribution is 7.10. The van der Waals surface area contributed by atoms with Crippen LogP contribution in [0.25, 0.3) is 0 Å². The van der Waals surface area contributed by atoms with Crippen LogP contribution in [0.3, 0.4) is 0 Å². The van der Waals surface area contributed by atoms with Crippen molar-refractivity contribution in [3.05, 3.63) is 22.4 Å². The maximum atomic E-state index is 12.0. The molecule has 0 spiro atoms. The summed E-state index contributed by atoms with van der Waals surface area (Å²) in [7, 11) is 0. The van der Waals surface area contributed by atoms with E-state index in [4.69, 9.17) is 0 Å². The van der Waals surface area contributed by atoms with Crippen molar-refractivity contribution in [2.75, 3.05) is 6.54 Å². The summed E-state index contributed by atoms with van der Waals surface area (Å²) in [6.45, 7) is 4.75. The van der Waals surface area contributed by atoms with E-state index in [0.717, 1.165) is 6.42 Å². The Labute approximate surface area is 119 Å². The van der Waals surface area contributed by atoms with Crippen molar-refractivity contribution in [3.63, 3.8) is 0 Å². The Morgan fingerprint density at radius 3 is 2.95 bits per heavy atom. The van der Waals surface area contributed by atoms with Gasteiger partial charge in [0.05, 0.1) is 6.54 Å². The molecule has 2 N–H and O–H groups in total. The molecule has 1 fully saturated rings. The molecule has 1 aromatic heterocycles. The number of thiophene rings is 1. The minimum Gasteiger partial charge on any atom is -0.352 e. The molecule has 3 atom stereocenters. The van der Waals surface area contributed by atoms with E-state index >= 15 is 0 Å². The van der Waals surface area contributed by atoms with Crippen LogP contribution in [0.15, 0.2) is 17.5 Å². The second-order valence-electron chi connectivity index (χ2n) is 5.55. The van der Waals surface area contributed by atoms with Crippen LogP contribution < -0.4 is 10.6 Å². The van der Waals surface area contributed by atoms with Crippen LogP contribution in [-0.4, -0.2) is 18.5 Å². The highest BCUT2D eigenvalue weighted by Gasteiger charge is 2.22. The van der Waals surface area contributed by atoms with Crippen LogP contribution in [-0.2, 0) is 4.79 Å². The Morgan fingerprint density at radius 1 is 1.47 bits per heavy atom. The fourth-order valence-corrected chi connectivity index (χ4v) is 3.43. The first-order valence-electron chi connectivity index (χ1n) is 7.23. The topological polar surface area (TPSA) is 41.1 Å². The maximum absolute atomic E-state index is 12.0. The van der Waals surface area contributed by atoms with Gasteiger partial charge < -0.3 is 10.6 Å². The molecular weight excluding hydrogens is 256 g/mol. The van der Waals surface area contributed by atoms with Gasteiger partial charge in [-0.2, -0.15) is 0 Å². The van der Waals surface area contributed by atoms with Crippen LogP contribution >= 0.6 is 11.3 Å². The summed E-state index contributed by atoms with van der Waals surface area (Å²) in [5.41, 5.74) is 0. The summed E-state index contributed by atoms with van der Waals surface area (Å²) in [6.07, 6.45) is 4.92. The smallest absolute Gasteiger partial charge is 0.234 e. The molecule has 1 aromatic rings. The highest BCUT2D eigenvalue weighted by atomic mass is 32.1. The quantitative estimate of drug-likeness (QED) is 0.870. The number of rotatable bonds is 5. The molecule has 19 heavy (non-hydrogen) atoms. The lowest BCUT2D eigenvalue weighted by atomic mass is 9.86. The molecule has 0 radical (unpaired) electrons. The molecule has 1 heterocycles. The van der Waals surface area contributed by atoms with Gasteiger partial charge in [-0.1, -0.05) is 25.8 Å². The first kappa shape index (κ1) is 14.5. The number of hydrogen-bond acceptors (Lipinski definition) is 3. The van der Waals surface area contributed by atoms with E-state index in [0.29, 0.717) is 18.5 Å². The molecular formula is C15H24N2OS. The number of carbonyl (C=O) groups excluding carboxylic acids is 1. The zero-order chi connectivity index (χ0) is 13.7. The fourth-order valence-electron chi connectivity index (χ4n) is 2.67. The predicted octanol–water partition coefficient (Wildman–Crippen LogP) is 3.09. The van der Waals surface area contributed by atoms with Crippen LogP contribution in [0, 0.1) is 5.92 Å². The van der Waals surface area contributed by atoms with Crippen molar-refractivity contribution in [1.29, 1.82) is 0 Å². The third kappa shape index (κ3) is 4.32. The number of nitrogens with one attached hydrogen (secondary N) is 2. The Morgan fingerprint density at radius 2 is 2.26 bits per heavy atom. The van der Waals surface area contributed by atoms with Gasteiger partial charge >= 0.3 is 0 Å². The van der Waals surface area contributed by atoms with Gasteiger partial charge in [-0.05, 0) is 37.1 Å². The Hall–Kier alpha value is -0.870. The van der Waals surface area contributed by atoms with Crippen molar-refractivity contribution in [2.24, 2.45) is 5.92 Å². The van der Waals surface area contributed by atoms with Crippen LogP contribution in [0.5, 0.6) is 0 Å². The third-order valence-electron chi connectivity index (χ3n) is 4.00. The second kappa shape index (κ2) is 7.06. The van der Waals surface area contributed by atoms with Gasteiger partial charge in [-0.25, -0.2) is 0 Å². The minimum atomic E-state index is 0.127. The first-order valence-corrected chi connectivity index (χ1v) is 8.11. The molecule has 0 aliphatic heterocycles. The van der Waals surface area contributed by atoms with Crippen molar-refractivity contribution in [2.45, 2.75) is 51.6 Å². The summed E-state index contributed by atoms with van der Waals surface area (Å²) in [5.74, 6) is 0.745. The first-order chi connectivity index (χ1) is 9.16. The summed E-state index contributed by atoms with van der Waals surface area (Å²) in [5, 5.41) is 8.53. The van der Waals surface area contributed by atoms with Gasteiger partial charge in [0.2, 0.25) is 5.91 Å². The second-order valence-corrected chi connectivity index (χ2v) is 6.53. The zero-order valence-electron chi connectivity index (χ0n) is 11.8. The molecule has 1 aliphatic carbocycles. The van der Waals surface area contributed by atoms with E-state index in [1.54, 1.807) is 11.3 Å². The van der Waals surface area contributed by atoms with Crippen molar-refractivity contribution in [1.82, 2.24) is 10.6 Å². The zero-order valence-corrected chi connectivity index (χ0v) is 12.6. The average Bonchev–Trinajstić information content (AvgIpc) is 2.93. The Kier molecular flexibility index (Phi) is 5.40. The molecule has 0 aromatic carbocycles. The molecule has 0 bridgehead atoms. The molecule has 0 saturated heterocycles. The lowest BCUT2D eigenvalue weighted by Gasteiger charge is -2.29. The predicted molar refractivity (Wildman–Crippen MR) is 80.3 cm³/mol. The van der Waals surface area contributed by atoms with Gasteiger partial charge in [0.1, 0.15) is 0 Å². The Balaban J connectivity index is 1.72. The average molecular weight is 280 g/mol. The SMILES string of the molecule is C[C@H](NCC(=O)N[C@H]1CCCC[C@@H]1C)c1cccs1. The van der Waals surface area contributed by atoms with E-state index in [1.165, 1.54) is 24.1 Å². The highest BCUT2D eigenvalue weighted by Crippen LogP contribution is 2.23. The summed E-state index contributed by atoms with van der Waals surface area (Å²) in [4.78, 5) is 13.2. The molecule has 1 saturated carbocycles. The Bertz CT molecular complexity index is 391. The summed E-state index contributed by atoms with van der Waals surface area (Å²) in [6, 6.07) is 4.76. The summed E-state index contributed by atoms with van der Waals surface area (Å²) >= 11 is 1.72. The van der Waals surface area contributed by atoms with Crippen molar-refractivity contribution in [3.8, 4) is 0 Å². The molecule has 2 rings (SSSR count). The largest absolute Gasteiger partial charge is 0.352 e. The molecule has 1 aliphatic rings. The van der Waals surface area contributed by atoms with Gasteiger partial charge in [0.15, 0.2) is 0 Å². The van der Waals surface area contributed by atoms with Crippen LogP contribution in [0.2, 0.25) is 0 Å². The van der Waals surface area contributed by atoms with Gasteiger partial charge in [-0.3, -0.25) is 4.79 Å². The van der Waals surface area contributed by atoms with Gasteiger partial charge in [0, 0.05) is 17.0 Å². The van der Waals surface area contributed by atoms with Crippen molar-refractivity contribution < 1.29 is 4.79 Å². The van der Waals surface area contributed by atoms with E-state index in [9.17, 15) is 4.79 Å². The molecule has 1 amide bonds. The lowest BCUT2D eigenvalue weighted by molar-refractivity contribution is -0.121. The molecule has 106 valence electrons. The van der Waals surface area contributed by atoms with E-state index in [1.807, 2.05) is 6.07 Å². The third-order valence-corrected chi connectivity index (χ3v) is 5.05. The lowest BCUT2D eigenvalue weighted by Crippen LogP contribution is -2.44. The van der Waals surface area contributed by atoms with Crippen LogP contribution in [0.4, 0.5) is 0 Å². The van der Waals surface area contributed by atoms with Gasteiger partial charge in [-0.15, -0.1) is 11.3 Å². The van der Waals surface area contributed by atoms with Crippen LogP contribution in [0.1, 0.15) is 50.4 Å². The molecule has 4 heteroatoms. The van der Waals surface area contributed by atoms with E-state index in [2.05, 4.69) is 35.9 Å². The summed E-state index contributed by atoms with van der Waals surface area (Å²) < 4.78 is 0. The monoisotopic (exact) mass is 280 g/mol. The van der Waals surface area contributed by atoms with Crippen molar-refractivity contribution >= 4 is 17.2 Å². The fraction of sp³-hybridized carbons (Fsp3) is 0.667. The number of hydrogen-bond donors (Lipinski definition) is 2. The van der Waals surface area contributed by atoms with Gasteiger partial charge in [0.25, 0.3) is 0 Å². The maximum Gasteiger partial charge on any atom is 0.234 e. The molecule has 0 unspecified atom stereocenters. The standard InChI is InChI=1S/C15H24N2OS/c1-11-6-3-4-7-13(11)17-15(18)10-16-12(2)14-8-5-9-19-14/h5,8-9,11-13,16H,3-4,6-7,10H2,1-2H3,(H,17,18)/t11-,12-,13-/m0/s1. The number of carbonyl (C=O) groups is 1. The van der Waals surface area contributed by atoms with E-state index in [-0.39, 0.29) is 11.9 Å². The minimum absolute atomic E-state index is 0.127. The molecule has 3 nitrogen and oxygen atoms in total.